The molecule has 34 heavy (non-hydrogen) atoms. The number of benzene rings is 3. The van der Waals surface area contributed by atoms with Gasteiger partial charge >= 0.3 is 0 Å². The molecule has 0 bridgehead atoms. The van der Waals surface area contributed by atoms with Crippen LogP contribution >= 0.6 is 0 Å². The molecule has 0 aliphatic heterocycles. The molecule has 4 aromatic rings. The fraction of sp³-hybridized carbons (Fsp3) is 0.111. The molecule has 7 heteroatoms. The number of nitrogens with one attached hydrogen (secondary N) is 1. The van der Waals surface area contributed by atoms with Gasteiger partial charge in [0.1, 0.15) is 0 Å². The standard InChI is InChI=1S/C27H25N3O3S/c1-18-8-9-22(16-26(18)34(2,32)33)27(31)30-17-23-14-21(12-13-29-23)20-10-11-25(28)24(15-20)19-6-4-3-5-7-19/h3-16H,17,28H2,1-2H3,(H,30,31). The van der Waals surface area contributed by atoms with Crippen LogP contribution in [-0.2, 0) is 16.4 Å². The van der Waals surface area contributed by atoms with E-state index in [1.54, 1.807) is 25.3 Å². The molecule has 3 N–H and O–H groups in total. The van der Waals surface area contributed by atoms with Gasteiger partial charge in [-0.1, -0.05) is 42.5 Å². The molecule has 0 aliphatic rings. The molecular formula is C27H25N3O3S. The molecule has 0 spiro atoms. The highest BCUT2D eigenvalue weighted by molar-refractivity contribution is 7.90. The Hall–Kier alpha value is -3.97. The minimum Gasteiger partial charge on any atom is -0.398 e. The van der Waals surface area contributed by atoms with E-state index in [4.69, 9.17) is 5.73 Å². The third-order valence-corrected chi connectivity index (χ3v) is 6.81. The Balaban J connectivity index is 1.54. The number of nitrogens with zero attached hydrogens (tertiary/aromatic N) is 1. The fourth-order valence-electron chi connectivity index (χ4n) is 3.77. The van der Waals surface area contributed by atoms with E-state index in [2.05, 4.69) is 10.3 Å². The fourth-order valence-corrected chi connectivity index (χ4v) is 4.77. The summed E-state index contributed by atoms with van der Waals surface area (Å²) in [6.45, 7) is 1.91. The van der Waals surface area contributed by atoms with Crippen molar-refractivity contribution in [1.82, 2.24) is 10.3 Å². The van der Waals surface area contributed by atoms with E-state index in [-0.39, 0.29) is 22.9 Å². The van der Waals surface area contributed by atoms with Crippen molar-refractivity contribution in [3.8, 4) is 22.3 Å². The molecule has 0 atom stereocenters. The number of nitrogens with two attached hydrogens (primary N) is 1. The zero-order valence-corrected chi connectivity index (χ0v) is 19.8. The highest BCUT2D eigenvalue weighted by Gasteiger charge is 2.15. The first kappa shape index (κ1) is 23.2. The van der Waals surface area contributed by atoms with Crippen molar-refractivity contribution >= 4 is 21.4 Å². The molecular weight excluding hydrogens is 446 g/mol. The van der Waals surface area contributed by atoms with Crippen molar-refractivity contribution in [1.29, 1.82) is 0 Å². The van der Waals surface area contributed by atoms with Crippen molar-refractivity contribution in [2.75, 3.05) is 12.0 Å². The molecule has 0 unspecified atom stereocenters. The lowest BCUT2D eigenvalue weighted by Gasteiger charge is -2.11. The monoisotopic (exact) mass is 471 g/mol. The summed E-state index contributed by atoms with van der Waals surface area (Å²) < 4.78 is 23.9. The second-order valence-electron chi connectivity index (χ2n) is 8.14. The van der Waals surface area contributed by atoms with Gasteiger partial charge in [0.05, 0.1) is 17.1 Å². The van der Waals surface area contributed by atoms with Crippen LogP contribution in [0.3, 0.4) is 0 Å². The lowest BCUT2D eigenvalue weighted by molar-refractivity contribution is 0.0950. The predicted octanol–water partition coefficient (Wildman–Crippen LogP) is 4.64. The van der Waals surface area contributed by atoms with Crippen LogP contribution in [0.5, 0.6) is 0 Å². The molecule has 1 heterocycles. The van der Waals surface area contributed by atoms with Crippen LogP contribution in [0.25, 0.3) is 22.3 Å². The second-order valence-corrected chi connectivity index (χ2v) is 10.1. The molecule has 0 radical (unpaired) electrons. The Morgan fingerprint density at radius 1 is 0.912 bits per heavy atom. The lowest BCUT2D eigenvalue weighted by atomic mass is 9.97. The van der Waals surface area contributed by atoms with Gasteiger partial charge in [0, 0.05) is 29.3 Å². The van der Waals surface area contributed by atoms with E-state index < -0.39 is 9.84 Å². The minimum absolute atomic E-state index is 0.151. The van der Waals surface area contributed by atoms with Gasteiger partial charge in [-0.2, -0.15) is 0 Å². The summed E-state index contributed by atoms with van der Waals surface area (Å²) in [7, 11) is -3.42. The van der Waals surface area contributed by atoms with E-state index in [0.29, 0.717) is 16.9 Å². The third-order valence-electron chi connectivity index (χ3n) is 5.57. The zero-order chi connectivity index (χ0) is 24.3. The third kappa shape index (κ3) is 5.15. The maximum absolute atomic E-state index is 12.7. The number of nitrogen functional groups attached to an aromatic ring is 1. The van der Waals surface area contributed by atoms with Gasteiger partial charge in [-0.25, -0.2) is 8.42 Å². The van der Waals surface area contributed by atoms with Crippen molar-refractivity contribution in [2.45, 2.75) is 18.4 Å². The topological polar surface area (TPSA) is 102 Å². The number of hydrogen-bond donors (Lipinski definition) is 2. The van der Waals surface area contributed by atoms with E-state index in [9.17, 15) is 13.2 Å². The first-order valence-corrected chi connectivity index (χ1v) is 12.6. The number of sulfone groups is 1. The number of hydrogen-bond acceptors (Lipinski definition) is 5. The van der Waals surface area contributed by atoms with Crippen LogP contribution in [0.4, 0.5) is 5.69 Å². The Bertz CT molecular complexity index is 1470. The van der Waals surface area contributed by atoms with Gasteiger partial charge in [-0.15, -0.1) is 0 Å². The number of carbonyl (C=O) groups excluding carboxylic acids is 1. The number of pyridine rings is 1. The van der Waals surface area contributed by atoms with Crippen molar-refractivity contribution in [3.05, 3.63) is 102 Å². The zero-order valence-electron chi connectivity index (χ0n) is 18.9. The van der Waals surface area contributed by atoms with E-state index in [1.807, 2.05) is 60.7 Å². The van der Waals surface area contributed by atoms with Gasteiger partial charge in [0.15, 0.2) is 9.84 Å². The largest absolute Gasteiger partial charge is 0.398 e. The van der Waals surface area contributed by atoms with Gasteiger partial charge < -0.3 is 11.1 Å². The first-order chi connectivity index (χ1) is 16.2. The normalized spacial score (nSPS) is 11.2. The van der Waals surface area contributed by atoms with Crippen molar-refractivity contribution in [3.63, 3.8) is 0 Å². The number of aryl methyl sites for hydroxylation is 1. The van der Waals surface area contributed by atoms with E-state index in [0.717, 1.165) is 28.5 Å². The van der Waals surface area contributed by atoms with Crippen LogP contribution in [0.2, 0.25) is 0 Å². The Kier molecular flexibility index (Phi) is 6.47. The highest BCUT2D eigenvalue weighted by Crippen LogP contribution is 2.31. The summed E-state index contributed by atoms with van der Waals surface area (Å²) in [5, 5.41) is 2.82. The Labute approximate surface area is 199 Å². The van der Waals surface area contributed by atoms with Crippen LogP contribution in [0.1, 0.15) is 21.6 Å². The molecule has 1 amide bonds. The van der Waals surface area contributed by atoms with Gasteiger partial charge in [0.2, 0.25) is 0 Å². The molecule has 6 nitrogen and oxygen atoms in total. The smallest absolute Gasteiger partial charge is 0.251 e. The van der Waals surface area contributed by atoms with Gasteiger partial charge in [-0.05, 0) is 65.6 Å². The van der Waals surface area contributed by atoms with Crippen LogP contribution in [0.15, 0.2) is 90.0 Å². The summed E-state index contributed by atoms with van der Waals surface area (Å²) in [4.78, 5) is 17.2. The predicted molar refractivity (Wildman–Crippen MR) is 135 cm³/mol. The Morgan fingerprint density at radius 3 is 2.38 bits per heavy atom. The quantitative estimate of drug-likeness (QED) is 0.399. The molecule has 3 aromatic carbocycles. The van der Waals surface area contributed by atoms with Crippen LogP contribution < -0.4 is 11.1 Å². The van der Waals surface area contributed by atoms with Crippen molar-refractivity contribution in [2.24, 2.45) is 0 Å². The van der Waals surface area contributed by atoms with Gasteiger partial charge in [-0.3, -0.25) is 9.78 Å². The van der Waals surface area contributed by atoms with Crippen LogP contribution in [0, 0.1) is 6.92 Å². The van der Waals surface area contributed by atoms with E-state index in [1.165, 1.54) is 6.07 Å². The molecule has 1 aromatic heterocycles. The number of aromatic nitrogens is 1. The number of rotatable bonds is 6. The molecule has 0 aliphatic carbocycles. The minimum atomic E-state index is -3.42. The maximum Gasteiger partial charge on any atom is 0.251 e. The summed E-state index contributed by atoms with van der Waals surface area (Å²) in [6, 6.07) is 24.3. The molecule has 0 fully saturated rings. The van der Waals surface area contributed by atoms with Crippen molar-refractivity contribution < 1.29 is 13.2 Å². The highest BCUT2D eigenvalue weighted by atomic mass is 32.2. The maximum atomic E-state index is 12.7. The Morgan fingerprint density at radius 2 is 1.65 bits per heavy atom. The molecule has 172 valence electrons. The molecule has 0 saturated carbocycles. The van der Waals surface area contributed by atoms with E-state index >= 15 is 0 Å². The molecule has 4 rings (SSSR count). The number of anilines is 1. The van der Waals surface area contributed by atoms with Gasteiger partial charge in [0.25, 0.3) is 5.91 Å². The number of amides is 1. The average Bonchev–Trinajstić information content (AvgIpc) is 2.83. The lowest BCUT2D eigenvalue weighted by Crippen LogP contribution is -2.23. The second kappa shape index (κ2) is 9.49. The first-order valence-electron chi connectivity index (χ1n) is 10.7. The summed E-state index contributed by atoms with van der Waals surface area (Å²) in [6.07, 6.45) is 2.83. The van der Waals surface area contributed by atoms with Crippen LogP contribution in [-0.4, -0.2) is 25.6 Å². The average molecular weight is 472 g/mol. The summed E-state index contributed by atoms with van der Waals surface area (Å²) in [5.41, 5.74) is 12.4. The molecule has 0 saturated heterocycles. The summed E-state index contributed by atoms with van der Waals surface area (Å²) in [5.74, 6) is -0.365. The summed E-state index contributed by atoms with van der Waals surface area (Å²) >= 11 is 0. The number of carbonyl (C=O) groups is 1. The SMILES string of the molecule is Cc1ccc(C(=O)NCc2cc(-c3ccc(N)c(-c4ccccc4)c3)ccn2)cc1S(C)(=O)=O.